The zero-order chi connectivity index (χ0) is 20.5. The van der Waals surface area contributed by atoms with E-state index in [1.807, 2.05) is 66.4 Å². The van der Waals surface area contributed by atoms with Gasteiger partial charge in [-0.1, -0.05) is 30.3 Å². The molecule has 0 aromatic heterocycles. The predicted octanol–water partition coefficient (Wildman–Crippen LogP) is 4.54. The fraction of sp³-hybridized carbons (Fsp3) is 0.391. The third kappa shape index (κ3) is 7.13. The third-order valence-electron chi connectivity index (χ3n) is 5.16. The van der Waals surface area contributed by atoms with Crippen LogP contribution in [0.25, 0.3) is 0 Å². The molecule has 154 valence electrons. The zero-order valence-corrected chi connectivity index (χ0v) is 17.7. The number of hydrogen-bond acceptors (Lipinski definition) is 3. The molecule has 0 spiro atoms. The van der Waals surface area contributed by atoms with E-state index in [0.717, 1.165) is 48.5 Å². The molecular formula is C23H29N3O2S. The second-order valence-electron chi connectivity index (χ2n) is 7.47. The van der Waals surface area contributed by atoms with E-state index in [4.69, 9.17) is 0 Å². The van der Waals surface area contributed by atoms with Crippen molar-refractivity contribution in [2.45, 2.75) is 31.1 Å². The SMILES string of the molecule is Cc1cccc(NC(=O)N2CCC(CCNC(=O)CSc3ccccc3)CC2)c1. The first-order valence-corrected chi connectivity index (χ1v) is 11.2. The summed E-state index contributed by atoms with van der Waals surface area (Å²) in [6, 6.07) is 17.8. The summed E-state index contributed by atoms with van der Waals surface area (Å²) in [5.74, 6) is 1.08. The number of nitrogens with zero attached hydrogens (tertiary/aromatic N) is 1. The van der Waals surface area contributed by atoms with Crippen LogP contribution in [0.15, 0.2) is 59.5 Å². The smallest absolute Gasteiger partial charge is 0.321 e. The molecule has 29 heavy (non-hydrogen) atoms. The molecule has 0 saturated carbocycles. The number of benzene rings is 2. The topological polar surface area (TPSA) is 61.4 Å². The lowest BCUT2D eigenvalue weighted by atomic mass is 9.94. The fourth-order valence-corrected chi connectivity index (χ4v) is 4.23. The Labute approximate surface area is 177 Å². The summed E-state index contributed by atoms with van der Waals surface area (Å²) in [7, 11) is 0. The summed E-state index contributed by atoms with van der Waals surface area (Å²) in [6.45, 7) is 4.24. The Bertz CT molecular complexity index is 805. The number of thioether (sulfide) groups is 1. The van der Waals surface area contributed by atoms with Gasteiger partial charge in [-0.25, -0.2) is 4.79 Å². The number of aryl methyl sites for hydroxylation is 1. The van der Waals surface area contributed by atoms with Crippen LogP contribution in [0.4, 0.5) is 10.5 Å². The van der Waals surface area contributed by atoms with Gasteiger partial charge in [-0.15, -0.1) is 11.8 Å². The molecule has 1 saturated heterocycles. The van der Waals surface area contributed by atoms with Gasteiger partial charge in [-0.05, 0) is 61.9 Å². The average Bonchev–Trinajstić information content (AvgIpc) is 2.73. The summed E-state index contributed by atoms with van der Waals surface area (Å²) >= 11 is 1.56. The molecule has 1 heterocycles. The van der Waals surface area contributed by atoms with Crippen LogP contribution in [0.1, 0.15) is 24.8 Å². The van der Waals surface area contributed by atoms with Gasteiger partial charge in [0.1, 0.15) is 0 Å². The minimum Gasteiger partial charge on any atom is -0.355 e. The second-order valence-corrected chi connectivity index (χ2v) is 8.52. The fourth-order valence-electron chi connectivity index (χ4n) is 3.48. The van der Waals surface area contributed by atoms with Crippen molar-refractivity contribution >= 4 is 29.4 Å². The maximum Gasteiger partial charge on any atom is 0.321 e. The number of amides is 3. The van der Waals surface area contributed by atoms with Crippen molar-refractivity contribution in [2.24, 2.45) is 5.92 Å². The number of carbonyl (C=O) groups excluding carboxylic acids is 2. The van der Waals surface area contributed by atoms with Crippen LogP contribution in [0.3, 0.4) is 0 Å². The highest BCUT2D eigenvalue weighted by molar-refractivity contribution is 8.00. The molecule has 0 bridgehead atoms. The molecular weight excluding hydrogens is 382 g/mol. The van der Waals surface area contributed by atoms with Crippen LogP contribution in [-0.2, 0) is 4.79 Å². The highest BCUT2D eigenvalue weighted by Crippen LogP contribution is 2.21. The summed E-state index contributed by atoms with van der Waals surface area (Å²) in [5.41, 5.74) is 1.97. The molecule has 1 aliphatic rings. The van der Waals surface area contributed by atoms with Gasteiger partial charge in [0.15, 0.2) is 0 Å². The Hall–Kier alpha value is -2.47. The van der Waals surface area contributed by atoms with Gasteiger partial charge < -0.3 is 15.5 Å². The summed E-state index contributed by atoms with van der Waals surface area (Å²) in [6.07, 6.45) is 2.93. The third-order valence-corrected chi connectivity index (χ3v) is 6.17. The number of nitrogens with one attached hydrogen (secondary N) is 2. The molecule has 2 N–H and O–H groups in total. The van der Waals surface area contributed by atoms with E-state index >= 15 is 0 Å². The lowest BCUT2D eigenvalue weighted by Gasteiger charge is -2.32. The van der Waals surface area contributed by atoms with Crippen LogP contribution < -0.4 is 10.6 Å². The number of piperidine rings is 1. The monoisotopic (exact) mass is 411 g/mol. The second kappa shape index (κ2) is 10.9. The van der Waals surface area contributed by atoms with E-state index in [2.05, 4.69) is 10.6 Å². The number of hydrogen-bond donors (Lipinski definition) is 2. The Kier molecular flexibility index (Phi) is 7.99. The Morgan fingerprint density at radius 1 is 1.07 bits per heavy atom. The number of likely N-dealkylation sites (tertiary alicyclic amines) is 1. The molecule has 5 nitrogen and oxygen atoms in total. The van der Waals surface area contributed by atoms with Crippen molar-refractivity contribution in [3.05, 3.63) is 60.2 Å². The molecule has 3 amide bonds. The quantitative estimate of drug-likeness (QED) is 0.658. The molecule has 0 aliphatic carbocycles. The lowest BCUT2D eigenvalue weighted by molar-refractivity contribution is -0.118. The average molecular weight is 412 g/mol. The predicted molar refractivity (Wildman–Crippen MR) is 119 cm³/mol. The first-order chi connectivity index (χ1) is 14.1. The highest BCUT2D eigenvalue weighted by Gasteiger charge is 2.22. The summed E-state index contributed by atoms with van der Waals surface area (Å²) < 4.78 is 0. The van der Waals surface area contributed by atoms with Crippen molar-refractivity contribution in [3.8, 4) is 0 Å². The van der Waals surface area contributed by atoms with E-state index in [9.17, 15) is 9.59 Å². The van der Waals surface area contributed by atoms with E-state index in [1.54, 1.807) is 11.8 Å². The highest BCUT2D eigenvalue weighted by atomic mass is 32.2. The van der Waals surface area contributed by atoms with Gasteiger partial charge in [0.05, 0.1) is 5.75 Å². The lowest BCUT2D eigenvalue weighted by Crippen LogP contribution is -2.41. The normalized spacial score (nSPS) is 14.4. The van der Waals surface area contributed by atoms with Crippen LogP contribution in [0, 0.1) is 12.8 Å². The van der Waals surface area contributed by atoms with E-state index in [1.165, 1.54) is 0 Å². The van der Waals surface area contributed by atoms with Crippen LogP contribution in [-0.4, -0.2) is 42.2 Å². The number of urea groups is 1. The van der Waals surface area contributed by atoms with Gasteiger partial charge in [0, 0.05) is 30.2 Å². The first kappa shape index (κ1) is 21.2. The Morgan fingerprint density at radius 2 is 1.83 bits per heavy atom. The van der Waals surface area contributed by atoms with Gasteiger partial charge in [0.25, 0.3) is 0 Å². The van der Waals surface area contributed by atoms with Crippen molar-refractivity contribution in [2.75, 3.05) is 30.7 Å². The maximum atomic E-state index is 12.4. The molecule has 0 unspecified atom stereocenters. The number of carbonyl (C=O) groups is 2. The molecule has 0 radical (unpaired) electrons. The number of rotatable bonds is 7. The molecule has 1 fully saturated rings. The molecule has 6 heteroatoms. The minimum atomic E-state index is -0.0275. The van der Waals surface area contributed by atoms with E-state index in [0.29, 0.717) is 18.2 Å². The molecule has 2 aromatic carbocycles. The zero-order valence-electron chi connectivity index (χ0n) is 16.9. The van der Waals surface area contributed by atoms with Crippen molar-refractivity contribution in [1.82, 2.24) is 10.2 Å². The van der Waals surface area contributed by atoms with Crippen LogP contribution >= 0.6 is 11.8 Å². The van der Waals surface area contributed by atoms with Gasteiger partial charge in [-0.3, -0.25) is 4.79 Å². The van der Waals surface area contributed by atoms with Gasteiger partial charge in [0.2, 0.25) is 5.91 Å². The molecule has 0 atom stereocenters. The maximum absolute atomic E-state index is 12.4. The molecule has 2 aromatic rings. The minimum absolute atomic E-state index is 0.0275. The van der Waals surface area contributed by atoms with E-state index in [-0.39, 0.29) is 11.9 Å². The van der Waals surface area contributed by atoms with Crippen molar-refractivity contribution in [1.29, 1.82) is 0 Å². The van der Waals surface area contributed by atoms with Gasteiger partial charge in [-0.2, -0.15) is 0 Å². The number of anilines is 1. The largest absolute Gasteiger partial charge is 0.355 e. The molecule has 3 rings (SSSR count). The van der Waals surface area contributed by atoms with Crippen molar-refractivity contribution in [3.63, 3.8) is 0 Å². The summed E-state index contributed by atoms with van der Waals surface area (Å²) in [5, 5.41) is 6.00. The van der Waals surface area contributed by atoms with E-state index < -0.39 is 0 Å². The first-order valence-electron chi connectivity index (χ1n) is 10.2. The Morgan fingerprint density at radius 3 is 2.55 bits per heavy atom. The Balaban J connectivity index is 1.30. The van der Waals surface area contributed by atoms with Crippen molar-refractivity contribution < 1.29 is 9.59 Å². The van der Waals surface area contributed by atoms with Crippen LogP contribution in [0.2, 0.25) is 0 Å². The van der Waals surface area contributed by atoms with Gasteiger partial charge >= 0.3 is 6.03 Å². The molecule has 1 aliphatic heterocycles. The van der Waals surface area contributed by atoms with Crippen LogP contribution in [0.5, 0.6) is 0 Å². The standard InChI is InChI=1S/C23H29N3O2S/c1-18-6-5-7-20(16-18)25-23(28)26-14-11-19(12-15-26)10-13-24-22(27)17-29-21-8-3-2-4-9-21/h2-9,16,19H,10-15,17H2,1H3,(H,24,27)(H,25,28). The summed E-state index contributed by atoms with van der Waals surface area (Å²) in [4.78, 5) is 27.4.